The molecule has 8 heteroatoms. The summed E-state index contributed by atoms with van der Waals surface area (Å²) in [5, 5.41) is 5.83. The van der Waals surface area contributed by atoms with Crippen LogP contribution in [0.4, 0.5) is 5.69 Å². The zero-order chi connectivity index (χ0) is 23.1. The molecule has 0 aliphatic heterocycles. The van der Waals surface area contributed by atoms with Gasteiger partial charge in [0.15, 0.2) is 6.61 Å². The summed E-state index contributed by atoms with van der Waals surface area (Å²) in [7, 11) is 3.35. The Kier molecular flexibility index (Phi) is 5.73. The molecule has 1 aromatic rings. The van der Waals surface area contributed by atoms with Crippen molar-refractivity contribution in [1.82, 2.24) is 10.2 Å². The molecular formula is C24H31N3O5. The van der Waals surface area contributed by atoms with Crippen LogP contribution in [0.1, 0.15) is 55.8 Å². The molecule has 4 fully saturated rings. The van der Waals surface area contributed by atoms with Crippen molar-refractivity contribution in [3.05, 3.63) is 29.8 Å². The Bertz CT molecular complexity index is 925. The summed E-state index contributed by atoms with van der Waals surface area (Å²) >= 11 is 0. The van der Waals surface area contributed by atoms with E-state index in [1.807, 2.05) is 0 Å². The van der Waals surface area contributed by atoms with Gasteiger partial charge in [-0.05, 0) is 74.6 Å². The highest BCUT2D eigenvalue weighted by atomic mass is 16.5. The third-order valence-electron chi connectivity index (χ3n) is 7.09. The van der Waals surface area contributed by atoms with Gasteiger partial charge < -0.3 is 20.3 Å². The van der Waals surface area contributed by atoms with Gasteiger partial charge in [0.25, 0.3) is 11.8 Å². The number of ether oxygens (including phenoxy) is 1. The van der Waals surface area contributed by atoms with Gasteiger partial charge in [0, 0.05) is 37.8 Å². The second kappa shape index (κ2) is 8.22. The third kappa shape index (κ3) is 4.36. The number of amides is 3. The van der Waals surface area contributed by atoms with Crippen LogP contribution in [-0.4, -0.2) is 54.8 Å². The monoisotopic (exact) mass is 441 g/mol. The van der Waals surface area contributed by atoms with Crippen molar-refractivity contribution in [2.75, 3.05) is 26.0 Å². The van der Waals surface area contributed by atoms with Crippen molar-refractivity contribution in [2.24, 2.45) is 17.3 Å². The molecule has 3 amide bonds. The van der Waals surface area contributed by atoms with Gasteiger partial charge in [-0.3, -0.25) is 19.2 Å². The second-order valence-electron chi connectivity index (χ2n) is 10.1. The molecule has 0 aromatic heterocycles. The lowest BCUT2D eigenvalue weighted by Crippen LogP contribution is -2.64. The summed E-state index contributed by atoms with van der Waals surface area (Å²) in [5.41, 5.74) is 0.124. The molecule has 0 spiro atoms. The van der Waals surface area contributed by atoms with Crippen molar-refractivity contribution in [1.29, 1.82) is 0 Å². The largest absolute Gasteiger partial charge is 0.455 e. The van der Waals surface area contributed by atoms with Gasteiger partial charge in [-0.25, -0.2) is 0 Å². The van der Waals surface area contributed by atoms with E-state index >= 15 is 0 Å². The fourth-order valence-corrected chi connectivity index (χ4v) is 6.46. The number of nitrogens with one attached hydrogen (secondary N) is 2. The number of hydrogen-bond acceptors (Lipinski definition) is 5. The van der Waals surface area contributed by atoms with E-state index in [4.69, 9.17) is 4.74 Å². The highest BCUT2D eigenvalue weighted by molar-refractivity contribution is 5.96. The molecule has 8 nitrogen and oxygen atoms in total. The van der Waals surface area contributed by atoms with Crippen molar-refractivity contribution in [2.45, 2.75) is 51.0 Å². The number of rotatable bonds is 6. The minimum absolute atomic E-state index is 0.0619. The lowest BCUT2D eigenvalue weighted by atomic mass is 9.47. The Labute approximate surface area is 188 Å². The summed E-state index contributed by atoms with van der Waals surface area (Å²) in [6.07, 6.45) is 5.08. The molecule has 4 aliphatic rings. The first-order valence-corrected chi connectivity index (χ1v) is 11.2. The molecule has 172 valence electrons. The van der Waals surface area contributed by atoms with Crippen molar-refractivity contribution in [3.8, 4) is 0 Å². The molecule has 32 heavy (non-hydrogen) atoms. The number of benzene rings is 1. The standard InChI is InChI=1S/C24H31N3O5/c1-15(28)26-24-11-16-8-17(12-24)10-23(9-16,14-24)22(31)32-13-20(29)25-19-6-4-18(5-7-19)21(30)27(2)3/h4-7,16-17H,8-14H2,1-3H3,(H,25,29)(H,26,28)/t16-,17+,23?,24?. The fraction of sp³-hybridized carbons (Fsp3) is 0.583. The Morgan fingerprint density at radius 2 is 1.66 bits per heavy atom. The molecule has 1 aromatic carbocycles. The van der Waals surface area contributed by atoms with Crippen LogP contribution in [0.25, 0.3) is 0 Å². The smallest absolute Gasteiger partial charge is 0.312 e. The van der Waals surface area contributed by atoms with Crippen LogP contribution in [0.5, 0.6) is 0 Å². The summed E-state index contributed by atoms with van der Waals surface area (Å²) in [6, 6.07) is 6.57. The predicted molar refractivity (Wildman–Crippen MR) is 118 cm³/mol. The normalized spacial score (nSPS) is 29.8. The molecule has 0 heterocycles. The number of hydrogen-bond donors (Lipinski definition) is 2. The fourth-order valence-electron chi connectivity index (χ4n) is 6.46. The minimum atomic E-state index is -0.610. The molecule has 2 unspecified atom stereocenters. The minimum Gasteiger partial charge on any atom is -0.455 e. The maximum absolute atomic E-state index is 13.1. The zero-order valence-corrected chi connectivity index (χ0v) is 18.9. The highest BCUT2D eigenvalue weighted by Gasteiger charge is 2.61. The number of carbonyl (C=O) groups is 4. The lowest BCUT2D eigenvalue weighted by Gasteiger charge is -2.60. The number of esters is 1. The van der Waals surface area contributed by atoms with Crippen LogP contribution >= 0.6 is 0 Å². The molecule has 2 N–H and O–H groups in total. The summed E-state index contributed by atoms with van der Waals surface area (Å²) in [5.74, 6) is -0.118. The van der Waals surface area contributed by atoms with E-state index in [2.05, 4.69) is 10.6 Å². The van der Waals surface area contributed by atoms with Gasteiger partial charge in [-0.1, -0.05) is 0 Å². The van der Waals surface area contributed by atoms with Crippen LogP contribution < -0.4 is 10.6 Å². The average Bonchev–Trinajstić information content (AvgIpc) is 2.70. The Morgan fingerprint density at radius 1 is 1.03 bits per heavy atom. The Morgan fingerprint density at radius 3 is 2.22 bits per heavy atom. The molecule has 0 radical (unpaired) electrons. The van der Waals surface area contributed by atoms with Gasteiger partial charge in [-0.2, -0.15) is 0 Å². The Balaban J connectivity index is 1.35. The first-order chi connectivity index (χ1) is 15.1. The van der Waals surface area contributed by atoms with Crippen LogP contribution in [-0.2, 0) is 19.1 Å². The van der Waals surface area contributed by atoms with Crippen LogP contribution in [0.15, 0.2) is 24.3 Å². The van der Waals surface area contributed by atoms with E-state index < -0.39 is 11.3 Å². The van der Waals surface area contributed by atoms with Gasteiger partial charge in [-0.15, -0.1) is 0 Å². The first-order valence-electron chi connectivity index (χ1n) is 11.2. The van der Waals surface area contributed by atoms with E-state index in [0.29, 0.717) is 29.5 Å². The maximum atomic E-state index is 13.1. The summed E-state index contributed by atoms with van der Waals surface area (Å²) < 4.78 is 5.48. The lowest BCUT2D eigenvalue weighted by molar-refractivity contribution is -0.176. The second-order valence-corrected chi connectivity index (χ2v) is 10.1. The summed E-state index contributed by atoms with van der Waals surface area (Å²) in [6.45, 7) is 1.16. The van der Waals surface area contributed by atoms with Crippen molar-refractivity contribution >= 4 is 29.4 Å². The van der Waals surface area contributed by atoms with Crippen molar-refractivity contribution in [3.63, 3.8) is 0 Å². The molecule has 4 atom stereocenters. The van der Waals surface area contributed by atoms with Gasteiger partial charge in [0.05, 0.1) is 5.41 Å². The molecule has 4 bridgehead atoms. The van der Waals surface area contributed by atoms with E-state index in [-0.39, 0.29) is 29.9 Å². The van der Waals surface area contributed by atoms with E-state index in [9.17, 15) is 19.2 Å². The molecular weight excluding hydrogens is 410 g/mol. The number of nitrogens with zero attached hydrogens (tertiary/aromatic N) is 1. The van der Waals surface area contributed by atoms with E-state index in [1.54, 1.807) is 38.4 Å². The quantitative estimate of drug-likeness (QED) is 0.660. The molecule has 5 rings (SSSR count). The van der Waals surface area contributed by atoms with Gasteiger partial charge in [0.2, 0.25) is 5.91 Å². The molecule has 4 aliphatic carbocycles. The first kappa shape index (κ1) is 22.3. The van der Waals surface area contributed by atoms with Gasteiger partial charge in [0.1, 0.15) is 0 Å². The molecule has 0 saturated heterocycles. The predicted octanol–water partition coefficient (Wildman–Crippen LogP) is 2.35. The van der Waals surface area contributed by atoms with Crippen LogP contribution in [0, 0.1) is 17.3 Å². The zero-order valence-electron chi connectivity index (χ0n) is 18.9. The average molecular weight is 442 g/mol. The Hall–Kier alpha value is -2.90. The maximum Gasteiger partial charge on any atom is 0.312 e. The van der Waals surface area contributed by atoms with Gasteiger partial charge >= 0.3 is 5.97 Å². The SMILES string of the molecule is CC(=O)NC12C[C@H]3C[C@@H](C1)CC(C(=O)OCC(=O)Nc1ccc(C(=O)N(C)C)cc1)(C3)C2. The summed E-state index contributed by atoms with van der Waals surface area (Å²) in [4.78, 5) is 50.7. The highest BCUT2D eigenvalue weighted by Crippen LogP contribution is 2.62. The number of carbonyl (C=O) groups excluding carboxylic acids is 4. The van der Waals surface area contributed by atoms with E-state index in [1.165, 1.54) is 11.8 Å². The topological polar surface area (TPSA) is 105 Å². The third-order valence-corrected chi connectivity index (χ3v) is 7.09. The molecule has 4 saturated carbocycles. The van der Waals surface area contributed by atoms with Crippen molar-refractivity contribution < 1.29 is 23.9 Å². The van der Waals surface area contributed by atoms with Crippen LogP contribution in [0.3, 0.4) is 0 Å². The van der Waals surface area contributed by atoms with E-state index in [0.717, 1.165) is 32.1 Å². The van der Waals surface area contributed by atoms with Crippen LogP contribution in [0.2, 0.25) is 0 Å². The number of anilines is 1.